The highest BCUT2D eigenvalue weighted by Crippen LogP contribution is 2.36. The van der Waals surface area contributed by atoms with E-state index in [2.05, 4.69) is 20.8 Å². The lowest BCUT2D eigenvalue weighted by Gasteiger charge is -2.10. The molecule has 0 bridgehead atoms. The molecule has 0 radical (unpaired) electrons. The molecule has 2 N–H and O–H groups in total. The molecule has 0 saturated heterocycles. The van der Waals surface area contributed by atoms with E-state index in [4.69, 9.17) is 0 Å². The molecule has 10 heteroatoms. The van der Waals surface area contributed by atoms with E-state index < -0.39 is 16.6 Å². The summed E-state index contributed by atoms with van der Waals surface area (Å²) in [4.78, 5) is 31.6. The van der Waals surface area contributed by atoms with E-state index in [9.17, 15) is 19.3 Å². The lowest BCUT2D eigenvalue weighted by Crippen LogP contribution is -2.30. The molecule has 0 fully saturated rings. The van der Waals surface area contributed by atoms with Gasteiger partial charge in [-0.1, -0.05) is 29.5 Å². The molecule has 0 aliphatic heterocycles. The molecule has 0 unspecified atom stereocenters. The number of carbonyl (C=O) groups excluding carboxylic acids is 1. The van der Waals surface area contributed by atoms with Crippen LogP contribution >= 0.6 is 11.8 Å². The first kappa shape index (κ1) is 19.2. The summed E-state index contributed by atoms with van der Waals surface area (Å²) in [7, 11) is 0. The van der Waals surface area contributed by atoms with E-state index in [0.29, 0.717) is 0 Å². The largest absolute Gasteiger partial charge is 0.345 e. The number of hydrogen-bond donors (Lipinski definition) is 2. The number of hydrogen-bond acceptors (Lipinski definition) is 7. The second-order valence-electron chi connectivity index (χ2n) is 5.63. The molecule has 3 aromatic rings. The molecule has 0 atom stereocenters. The first-order valence-electron chi connectivity index (χ1n) is 8.00. The van der Waals surface area contributed by atoms with Crippen molar-refractivity contribution in [2.45, 2.75) is 16.8 Å². The minimum atomic E-state index is -0.622. The number of rotatable bonds is 6. The van der Waals surface area contributed by atoms with Gasteiger partial charge in [0.25, 0.3) is 5.91 Å². The zero-order chi connectivity index (χ0) is 20.1. The van der Waals surface area contributed by atoms with E-state index >= 15 is 0 Å². The fourth-order valence-electron chi connectivity index (χ4n) is 2.20. The van der Waals surface area contributed by atoms with Gasteiger partial charge in [0.15, 0.2) is 5.03 Å². The second kappa shape index (κ2) is 8.44. The van der Waals surface area contributed by atoms with Gasteiger partial charge in [-0.3, -0.25) is 25.8 Å². The molecule has 1 amide bonds. The topological polar surface area (TPSA) is 110 Å². The van der Waals surface area contributed by atoms with Gasteiger partial charge in [0.2, 0.25) is 5.82 Å². The van der Waals surface area contributed by atoms with Crippen LogP contribution in [-0.2, 0) is 0 Å². The molecular formula is C18H14FN5O3S. The first-order chi connectivity index (χ1) is 13.4. The van der Waals surface area contributed by atoms with E-state index in [1.165, 1.54) is 12.1 Å². The first-order valence-corrected chi connectivity index (χ1v) is 8.81. The van der Waals surface area contributed by atoms with E-state index in [0.717, 1.165) is 40.7 Å². The SMILES string of the molecule is Cc1ccc(Sc2ncnc(NNC(=O)c3ccc(F)cc3)c2[N+](=O)[O-])cc1. The number of amides is 1. The van der Waals surface area contributed by atoms with Crippen LogP contribution in [0.3, 0.4) is 0 Å². The quantitative estimate of drug-likeness (QED) is 0.369. The Balaban J connectivity index is 1.80. The zero-order valence-corrected chi connectivity index (χ0v) is 15.4. The van der Waals surface area contributed by atoms with Crippen molar-refractivity contribution in [1.82, 2.24) is 15.4 Å². The Morgan fingerprint density at radius 1 is 1.11 bits per heavy atom. The fourth-order valence-corrected chi connectivity index (χ4v) is 3.06. The average molecular weight is 399 g/mol. The molecular weight excluding hydrogens is 385 g/mol. The van der Waals surface area contributed by atoms with E-state index in [1.54, 1.807) is 0 Å². The summed E-state index contributed by atoms with van der Waals surface area (Å²) in [6.45, 7) is 1.94. The summed E-state index contributed by atoms with van der Waals surface area (Å²) in [5, 5.41) is 11.7. The van der Waals surface area contributed by atoms with Crippen LogP contribution in [-0.4, -0.2) is 20.8 Å². The maximum Gasteiger partial charge on any atom is 0.345 e. The minimum absolute atomic E-state index is 0.127. The van der Waals surface area contributed by atoms with E-state index in [-0.39, 0.29) is 22.1 Å². The highest BCUT2D eigenvalue weighted by Gasteiger charge is 2.24. The van der Waals surface area contributed by atoms with Crippen LogP contribution < -0.4 is 10.9 Å². The number of aromatic nitrogens is 2. The number of nitro groups is 1. The molecule has 0 saturated carbocycles. The summed E-state index contributed by atoms with van der Waals surface area (Å²) in [6, 6.07) is 12.3. The number of aryl methyl sites for hydroxylation is 1. The Morgan fingerprint density at radius 2 is 1.79 bits per heavy atom. The van der Waals surface area contributed by atoms with Gasteiger partial charge in [-0.15, -0.1) is 0 Å². The lowest BCUT2D eigenvalue weighted by molar-refractivity contribution is -0.387. The zero-order valence-electron chi connectivity index (χ0n) is 14.5. The van der Waals surface area contributed by atoms with Gasteiger partial charge >= 0.3 is 5.69 Å². The molecule has 0 aliphatic rings. The van der Waals surface area contributed by atoms with Crippen molar-refractivity contribution < 1.29 is 14.1 Å². The summed E-state index contributed by atoms with van der Waals surface area (Å²) in [5.74, 6) is -1.24. The van der Waals surface area contributed by atoms with Crippen molar-refractivity contribution in [3.8, 4) is 0 Å². The van der Waals surface area contributed by atoms with Crippen molar-refractivity contribution >= 4 is 29.2 Å². The van der Waals surface area contributed by atoms with Crippen LogP contribution in [0.25, 0.3) is 0 Å². The highest BCUT2D eigenvalue weighted by atomic mass is 32.2. The number of benzene rings is 2. The lowest BCUT2D eigenvalue weighted by atomic mass is 10.2. The summed E-state index contributed by atoms with van der Waals surface area (Å²) in [5.41, 5.74) is 5.63. The van der Waals surface area contributed by atoms with E-state index in [1.807, 2.05) is 31.2 Å². The summed E-state index contributed by atoms with van der Waals surface area (Å²) in [6.07, 6.45) is 1.16. The fraction of sp³-hybridized carbons (Fsp3) is 0.0556. The van der Waals surface area contributed by atoms with Crippen LogP contribution in [0, 0.1) is 22.9 Å². The van der Waals surface area contributed by atoms with Gasteiger partial charge in [-0.05, 0) is 43.3 Å². The highest BCUT2D eigenvalue weighted by molar-refractivity contribution is 7.99. The molecule has 3 rings (SSSR count). The standard InChI is InChI=1S/C18H14FN5O3S/c1-11-2-8-14(9-3-11)28-18-15(24(26)27)16(20-10-21-18)22-23-17(25)12-4-6-13(19)7-5-12/h2-10H,1H3,(H,23,25)(H,20,21,22). The van der Waals surface area contributed by atoms with Gasteiger partial charge in [-0.25, -0.2) is 14.4 Å². The van der Waals surface area contributed by atoms with Crippen molar-refractivity contribution in [2.24, 2.45) is 0 Å². The van der Waals surface area contributed by atoms with Crippen LogP contribution in [0.4, 0.5) is 15.9 Å². The monoisotopic (exact) mass is 399 g/mol. The Kier molecular flexibility index (Phi) is 5.80. The Bertz CT molecular complexity index is 1010. The molecule has 0 spiro atoms. The van der Waals surface area contributed by atoms with Gasteiger partial charge in [-0.2, -0.15) is 0 Å². The van der Waals surface area contributed by atoms with Gasteiger partial charge in [0, 0.05) is 10.5 Å². The maximum atomic E-state index is 12.9. The average Bonchev–Trinajstić information content (AvgIpc) is 2.68. The second-order valence-corrected chi connectivity index (χ2v) is 6.70. The number of anilines is 1. The number of nitrogens with zero attached hydrogens (tertiary/aromatic N) is 3. The molecule has 28 heavy (non-hydrogen) atoms. The minimum Gasteiger partial charge on any atom is -0.276 e. The maximum absolute atomic E-state index is 12.9. The van der Waals surface area contributed by atoms with Crippen LogP contribution in [0.15, 0.2) is 64.8 Å². The molecule has 1 aromatic heterocycles. The predicted octanol–water partition coefficient (Wildman–Crippen LogP) is 3.74. The predicted molar refractivity (Wildman–Crippen MR) is 101 cm³/mol. The molecule has 8 nitrogen and oxygen atoms in total. The van der Waals surface area contributed by atoms with Crippen LogP contribution in [0.1, 0.15) is 15.9 Å². The van der Waals surface area contributed by atoms with Gasteiger partial charge < -0.3 is 0 Å². The Hall–Kier alpha value is -3.53. The summed E-state index contributed by atoms with van der Waals surface area (Å²) >= 11 is 1.11. The number of hydrazine groups is 1. The molecule has 0 aliphatic carbocycles. The third-order valence-electron chi connectivity index (χ3n) is 3.61. The molecule has 2 aromatic carbocycles. The molecule has 1 heterocycles. The van der Waals surface area contributed by atoms with Crippen LogP contribution in [0.5, 0.6) is 0 Å². The normalized spacial score (nSPS) is 10.4. The third kappa shape index (κ3) is 4.60. The van der Waals surface area contributed by atoms with Crippen molar-refractivity contribution in [2.75, 3.05) is 5.43 Å². The Morgan fingerprint density at radius 3 is 2.43 bits per heavy atom. The van der Waals surface area contributed by atoms with Gasteiger partial charge in [0.05, 0.1) is 4.92 Å². The number of carbonyl (C=O) groups is 1. The molecule has 142 valence electrons. The van der Waals surface area contributed by atoms with Crippen molar-refractivity contribution in [3.63, 3.8) is 0 Å². The number of nitrogens with one attached hydrogen (secondary N) is 2. The smallest absolute Gasteiger partial charge is 0.276 e. The summed E-state index contributed by atoms with van der Waals surface area (Å²) < 4.78 is 12.9. The van der Waals surface area contributed by atoms with Crippen LogP contribution in [0.2, 0.25) is 0 Å². The number of halogens is 1. The van der Waals surface area contributed by atoms with Crippen molar-refractivity contribution in [3.05, 3.63) is 81.9 Å². The third-order valence-corrected chi connectivity index (χ3v) is 4.61. The van der Waals surface area contributed by atoms with Gasteiger partial charge in [0.1, 0.15) is 12.1 Å². The van der Waals surface area contributed by atoms with Crippen molar-refractivity contribution in [1.29, 1.82) is 0 Å². The Labute approximate surface area is 163 Å².